The molecule has 1 aromatic heterocycles. The van der Waals surface area contributed by atoms with Gasteiger partial charge in [0.1, 0.15) is 6.54 Å². The summed E-state index contributed by atoms with van der Waals surface area (Å²) in [5.41, 5.74) is -0.525. The molecule has 0 bridgehead atoms. The van der Waals surface area contributed by atoms with Crippen molar-refractivity contribution in [2.45, 2.75) is 20.0 Å². The Morgan fingerprint density at radius 3 is 2.67 bits per heavy atom. The highest BCUT2D eigenvalue weighted by Gasteiger charge is 2.14. The first kappa shape index (κ1) is 14.8. The summed E-state index contributed by atoms with van der Waals surface area (Å²) in [6.07, 6.45) is 1.56. The molecule has 6 heteroatoms. The van der Waals surface area contributed by atoms with E-state index < -0.39 is 23.8 Å². The lowest BCUT2D eigenvalue weighted by Crippen LogP contribution is -2.41. The SMILES string of the molecule is C=CCn1c(=O)n(CC(=O)OCC)c(=O)c2ccccc21. The van der Waals surface area contributed by atoms with Crippen LogP contribution in [0, 0.1) is 0 Å². The number of hydrogen-bond acceptors (Lipinski definition) is 4. The van der Waals surface area contributed by atoms with E-state index in [1.54, 1.807) is 37.3 Å². The van der Waals surface area contributed by atoms with Crippen molar-refractivity contribution in [3.05, 3.63) is 57.8 Å². The molecule has 0 radical (unpaired) electrons. The van der Waals surface area contributed by atoms with Crippen LogP contribution in [0.2, 0.25) is 0 Å². The molecule has 0 N–H and O–H groups in total. The maximum absolute atomic E-state index is 12.4. The molecule has 2 aromatic rings. The average Bonchev–Trinajstić information content (AvgIpc) is 2.48. The van der Waals surface area contributed by atoms with Crippen LogP contribution in [0.4, 0.5) is 0 Å². The smallest absolute Gasteiger partial charge is 0.332 e. The number of fused-ring (bicyclic) bond motifs is 1. The molecule has 0 spiro atoms. The van der Waals surface area contributed by atoms with Gasteiger partial charge in [0, 0.05) is 6.54 Å². The summed E-state index contributed by atoms with van der Waals surface area (Å²) in [4.78, 5) is 36.3. The van der Waals surface area contributed by atoms with Crippen LogP contribution in [0.15, 0.2) is 46.5 Å². The lowest BCUT2D eigenvalue weighted by molar-refractivity contribution is -0.143. The van der Waals surface area contributed by atoms with Crippen LogP contribution < -0.4 is 11.2 Å². The van der Waals surface area contributed by atoms with Gasteiger partial charge in [0.25, 0.3) is 5.56 Å². The third kappa shape index (κ3) is 2.79. The second kappa shape index (κ2) is 6.21. The Kier molecular flexibility index (Phi) is 4.37. The van der Waals surface area contributed by atoms with Crippen molar-refractivity contribution in [2.75, 3.05) is 6.61 Å². The molecule has 0 aliphatic carbocycles. The van der Waals surface area contributed by atoms with Gasteiger partial charge in [0.05, 0.1) is 17.5 Å². The summed E-state index contributed by atoms with van der Waals surface area (Å²) in [6.45, 7) is 5.32. The molecule has 21 heavy (non-hydrogen) atoms. The number of hydrogen-bond donors (Lipinski definition) is 0. The first-order chi connectivity index (χ1) is 10.1. The first-order valence-corrected chi connectivity index (χ1v) is 6.59. The van der Waals surface area contributed by atoms with Crippen molar-refractivity contribution in [2.24, 2.45) is 0 Å². The largest absolute Gasteiger partial charge is 0.465 e. The molecular weight excluding hydrogens is 272 g/mol. The number of carbonyl (C=O) groups is 1. The van der Waals surface area contributed by atoms with E-state index in [1.807, 2.05) is 0 Å². The van der Waals surface area contributed by atoms with Gasteiger partial charge >= 0.3 is 11.7 Å². The fourth-order valence-electron chi connectivity index (χ4n) is 2.15. The standard InChI is InChI=1S/C15H16N2O4/c1-3-9-16-12-8-6-5-7-11(12)14(19)17(15(16)20)10-13(18)21-4-2/h3,5-8H,1,4,9-10H2,2H3. The van der Waals surface area contributed by atoms with Crippen LogP contribution in [0.5, 0.6) is 0 Å². The van der Waals surface area contributed by atoms with E-state index in [0.29, 0.717) is 10.9 Å². The number of para-hydroxylation sites is 1. The van der Waals surface area contributed by atoms with Crippen LogP contribution in [0.25, 0.3) is 10.9 Å². The first-order valence-electron chi connectivity index (χ1n) is 6.59. The zero-order valence-corrected chi connectivity index (χ0v) is 11.7. The molecular formula is C15H16N2O4. The van der Waals surface area contributed by atoms with E-state index in [1.165, 1.54) is 4.57 Å². The van der Waals surface area contributed by atoms with E-state index in [2.05, 4.69) is 6.58 Å². The summed E-state index contributed by atoms with van der Waals surface area (Å²) in [5, 5.41) is 0.378. The molecule has 0 atom stereocenters. The van der Waals surface area contributed by atoms with Gasteiger partial charge in [0.2, 0.25) is 0 Å². The van der Waals surface area contributed by atoms with Gasteiger partial charge in [-0.2, -0.15) is 0 Å². The van der Waals surface area contributed by atoms with Crippen LogP contribution in [0.3, 0.4) is 0 Å². The lowest BCUT2D eigenvalue weighted by Gasteiger charge is -2.12. The van der Waals surface area contributed by atoms with Gasteiger partial charge in [0.15, 0.2) is 0 Å². The van der Waals surface area contributed by atoms with Crippen molar-refractivity contribution in [1.29, 1.82) is 0 Å². The topological polar surface area (TPSA) is 70.3 Å². The number of esters is 1. The molecule has 1 aromatic carbocycles. The minimum absolute atomic E-state index is 0.196. The van der Waals surface area contributed by atoms with E-state index in [0.717, 1.165) is 4.57 Å². The Morgan fingerprint density at radius 1 is 1.29 bits per heavy atom. The number of allylic oxidation sites excluding steroid dienone is 1. The number of aromatic nitrogens is 2. The Balaban J connectivity index is 2.71. The molecule has 6 nitrogen and oxygen atoms in total. The van der Waals surface area contributed by atoms with Gasteiger partial charge in [-0.1, -0.05) is 18.2 Å². The number of carbonyl (C=O) groups excluding carboxylic acids is 1. The van der Waals surface area contributed by atoms with Gasteiger partial charge < -0.3 is 4.74 Å². The second-order valence-electron chi connectivity index (χ2n) is 4.40. The fourth-order valence-corrected chi connectivity index (χ4v) is 2.15. The Morgan fingerprint density at radius 2 is 2.00 bits per heavy atom. The normalized spacial score (nSPS) is 10.5. The summed E-state index contributed by atoms with van der Waals surface area (Å²) < 4.78 is 7.10. The van der Waals surface area contributed by atoms with E-state index in [9.17, 15) is 14.4 Å². The molecule has 2 rings (SSSR count). The van der Waals surface area contributed by atoms with Gasteiger partial charge in [-0.15, -0.1) is 6.58 Å². The van der Waals surface area contributed by atoms with Crippen LogP contribution in [-0.2, 0) is 22.6 Å². The third-order valence-electron chi connectivity index (χ3n) is 3.04. The van der Waals surface area contributed by atoms with E-state index >= 15 is 0 Å². The quantitative estimate of drug-likeness (QED) is 0.606. The highest BCUT2D eigenvalue weighted by Crippen LogP contribution is 2.07. The summed E-state index contributed by atoms with van der Waals surface area (Å²) in [5.74, 6) is -0.614. The predicted molar refractivity (Wildman–Crippen MR) is 79.3 cm³/mol. The van der Waals surface area contributed by atoms with Crippen molar-refractivity contribution in [3.8, 4) is 0 Å². The van der Waals surface area contributed by atoms with Gasteiger partial charge in [-0.05, 0) is 19.1 Å². The van der Waals surface area contributed by atoms with E-state index in [-0.39, 0.29) is 13.2 Å². The van der Waals surface area contributed by atoms with Crippen LogP contribution >= 0.6 is 0 Å². The average molecular weight is 288 g/mol. The molecule has 0 amide bonds. The zero-order chi connectivity index (χ0) is 15.4. The monoisotopic (exact) mass is 288 g/mol. The maximum Gasteiger partial charge on any atom is 0.332 e. The molecule has 0 fully saturated rings. The Bertz CT molecular complexity index is 801. The van der Waals surface area contributed by atoms with Crippen molar-refractivity contribution < 1.29 is 9.53 Å². The van der Waals surface area contributed by atoms with E-state index in [4.69, 9.17) is 4.74 Å². The van der Waals surface area contributed by atoms with Crippen molar-refractivity contribution in [3.63, 3.8) is 0 Å². The highest BCUT2D eigenvalue weighted by molar-refractivity contribution is 5.78. The third-order valence-corrected chi connectivity index (χ3v) is 3.04. The summed E-state index contributed by atoms with van der Waals surface area (Å²) in [7, 11) is 0. The Labute approximate surface area is 120 Å². The van der Waals surface area contributed by atoms with Crippen molar-refractivity contribution >= 4 is 16.9 Å². The fraction of sp³-hybridized carbons (Fsp3) is 0.267. The minimum atomic E-state index is -0.614. The van der Waals surface area contributed by atoms with Crippen LogP contribution in [0.1, 0.15) is 6.92 Å². The predicted octanol–water partition coefficient (Wildman–Crippen LogP) is 0.912. The number of rotatable bonds is 5. The highest BCUT2D eigenvalue weighted by atomic mass is 16.5. The molecule has 0 saturated carbocycles. The molecule has 110 valence electrons. The maximum atomic E-state index is 12.4. The number of benzene rings is 1. The molecule has 0 unspecified atom stereocenters. The van der Waals surface area contributed by atoms with Crippen LogP contribution in [-0.4, -0.2) is 21.7 Å². The molecule has 1 heterocycles. The molecule has 0 aliphatic heterocycles. The summed E-state index contributed by atoms with van der Waals surface area (Å²) >= 11 is 0. The second-order valence-corrected chi connectivity index (χ2v) is 4.40. The van der Waals surface area contributed by atoms with Gasteiger partial charge in [-0.3, -0.25) is 14.2 Å². The lowest BCUT2D eigenvalue weighted by atomic mass is 10.2. The minimum Gasteiger partial charge on any atom is -0.465 e. The summed E-state index contributed by atoms with van der Waals surface area (Å²) in [6, 6.07) is 6.77. The number of ether oxygens (including phenoxy) is 1. The molecule has 0 aliphatic rings. The van der Waals surface area contributed by atoms with Gasteiger partial charge in [-0.25, -0.2) is 9.36 Å². The Hall–Kier alpha value is -2.63. The molecule has 0 saturated heterocycles. The zero-order valence-electron chi connectivity index (χ0n) is 11.7. The number of nitrogens with zero attached hydrogens (tertiary/aromatic N) is 2. The van der Waals surface area contributed by atoms with Crippen molar-refractivity contribution in [1.82, 2.24) is 9.13 Å².